The van der Waals surface area contributed by atoms with Gasteiger partial charge in [-0.25, -0.2) is 0 Å². The molecule has 0 heterocycles. The van der Waals surface area contributed by atoms with E-state index in [1.807, 2.05) is 6.08 Å². The van der Waals surface area contributed by atoms with E-state index in [1.165, 1.54) is 19.3 Å². The van der Waals surface area contributed by atoms with Gasteiger partial charge in [0.1, 0.15) is 0 Å². The van der Waals surface area contributed by atoms with Crippen molar-refractivity contribution in [3.63, 3.8) is 0 Å². The van der Waals surface area contributed by atoms with Crippen LogP contribution < -0.4 is 5.32 Å². The Bertz CT molecular complexity index is 124. The number of aliphatic hydroxyl groups is 1. The summed E-state index contributed by atoms with van der Waals surface area (Å²) in [5.74, 6) is 0. The summed E-state index contributed by atoms with van der Waals surface area (Å²) in [4.78, 5) is 0. The standard InChI is InChI=1S/C9H17NO/c1-2-6-10-7-9(8-11)4-3-5-9/h2,10-11H,1,3-8H2. The largest absolute Gasteiger partial charge is 0.396 e. The van der Waals surface area contributed by atoms with Gasteiger partial charge >= 0.3 is 0 Å². The van der Waals surface area contributed by atoms with Crippen LogP contribution in [0, 0.1) is 5.41 Å². The first-order valence-corrected chi connectivity index (χ1v) is 4.25. The van der Waals surface area contributed by atoms with E-state index in [2.05, 4.69) is 11.9 Å². The van der Waals surface area contributed by atoms with Crippen LogP contribution >= 0.6 is 0 Å². The SMILES string of the molecule is C=CCNCC1(CO)CCC1. The molecule has 0 aromatic rings. The monoisotopic (exact) mass is 155 g/mol. The van der Waals surface area contributed by atoms with Crippen LogP contribution in [0.4, 0.5) is 0 Å². The lowest BCUT2D eigenvalue weighted by molar-refractivity contribution is 0.0457. The lowest BCUT2D eigenvalue weighted by Crippen LogP contribution is -2.42. The van der Waals surface area contributed by atoms with E-state index in [-0.39, 0.29) is 5.41 Å². The zero-order valence-corrected chi connectivity index (χ0v) is 6.97. The summed E-state index contributed by atoms with van der Waals surface area (Å²) in [6.45, 7) is 5.74. The van der Waals surface area contributed by atoms with Gasteiger partial charge < -0.3 is 10.4 Å². The van der Waals surface area contributed by atoms with Gasteiger partial charge in [0.15, 0.2) is 0 Å². The highest BCUT2D eigenvalue weighted by Gasteiger charge is 2.35. The summed E-state index contributed by atoms with van der Waals surface area (Å²) in [7, 11) is 0. The highest BCUT2D eigenvalue weighted by Crippen LogP contribution is 2.39. The summed E-state index contributed by atoms with van der Waals surface area (Å²) in [5, 5.41) is 12.3. The fourth-order valence-electron chi connectivity index (χ4n) is 1.51. The molecule has 0 amide bonds. The van der Waals surface area contributed by atoms with Crippen LogP contribution in [0.25, 0.3) is 0 Å². The zero-order chi connectivity index (χ0) is 8.16. The van der Waals surface area contributed by atoms with Crippen LogP contribution in [0.5, 0.6) is 0 Å². The van der Waals surface area contributed by atoms with Crippen molar-refractivity contribution in [2.75, 3.05) is 19.7 Å². The fourth-order valence-corrected chi connectivity index (χ4v) is 1.51. The van der Waals surface area contributed by atoms with Crippen LogP contribution in [0.3, 0.4) is 0 Å². The van der Waals surface area contributed by atoms with Crippen LogP contribution in [0.1, 0.15) is 19.3 Å². The van der Waals surface area contributed by atoms with E-state index in [9.17, 15) is 0 Å². The lowest BCUT2D eigenvalue weighted by atomic mass is 9.69. The predicted octanol–water partition coefficient (Wildman–Crippen LogP) is 0.925. The topological polar surface area (TPSA) is 32.3 Å². The van der Waals surface area contributed by atoms with Gasteiger partial charge in [-0.05, 0) is 12.8 Å². The van der Waals surface area contributed by atoms with Gasteiger partial charge in [0.05, 0.1) is 0 Å². The first-order valence-electron chi connectivity index (χ1n) is 4.25. The molecule has 11 heavy (non-hydrogen) atoms. The number of rotatable bonds is 5. The minimum Gasteiger partial charge on any atom is -0.396 e. The van der Waals surface area contributed by atoms with Crippen molar-refractivity contribution in [3.05, 3.63) is 12.7 Å². The first kappa shape index (κ1) is 8.75. The van der Waals surface area contributed by atoms with Gasteiger partial charge in [-0.2, -0.15) is 0 Å². The van der Waals surface area contributed by atoms with E-state index >= 15 is 0 Å². The van der Waals surface area contributed by atoms with Crippen LogP contribution in [-0.4, -0.2) is 24.8 Å². The average molecular weight is 155 g/mol. The molecule has 1 rings (SSSR count). The molecule has 1 aliphatic rings. The predicted molar refractivity (Wildman–Crippen MR) is 46.4 cm³/mol. The molecule has 0 bridgehead atoms. The third kappa shape index (κ3) is 2.04. The van der Waals surface area contributed by atoms with Crippen molar-refractivity contribution in [2.24, 2.45) is 5.41 Å². The fraction of sp³-hybridized carbons (Fsp3) is 0.778. The van der Waals surface area contributed by atoms with Gasteiger partial charge in [-0.1, -0.05) is 12.5 Å². The second-order valence-corrected chi connectivity index (χ2v) is 3.43. The van der Waals surface area contributed by atoms with E-state index < -0.39 is 0 Å². The number of aliphatic hydroxyl groups excluding tert-OH is 1. The number of hydrogen-bond donors (Lipinski definition) is 2. The average Bonchev–Trinajstić information content (AvgIpc) is 1.95. The van der Waals surface area contributed by atoms with Gasteiger partial charge in [-0.15, -0.1) is 6.58 Å². The molecule has 0 spiro atoms. The van der Waals surface area contributed by atoms with E-state index in [4.69, 9.17) is 5.11 Å². The maximum absolute atomic E-state index is 9.07. The first-order chi connectivity index (χ1) is 5.33. The highest BCUT2D eigenvalue weighted by molar-refractivity contribution is 4.89. The van der Waals surface area contributed by atoms with Crippen molar-refractivity contribution >= 4 is 0 Å². The van der Waals surface area contributed by atoms with Gasteiger partial charge in [0.2, 0.25) is 0 Å². The molecule has 0 aromatic carbocycles. The molecule has 64 valence electrons. The Kier molecular flexibility index (Phi) is 3.09. The normalized spacial score (nSPS) is 20.8. The Balaban J connectivity index is 2.16. The molecule has 1 aliphatic carbocycles. The van der Waals surface area contributed by atoms with Crippen molar-refractivity contribution in [1.29, 1.82) is 0 Å². The molecule has 2 heteroatoms. The summed E-state index contributed by atoms with van der Waals surface area (Å²) in [5.41, 5.74) is 0.211. The third-order valence-corrected chi connectivity index (χ3v) is 2.54. The van der Waals surface area contributed by atoms with Gasteiger partial charge in [0, 0.05) is 25.1 Å². The Labute approximate surface area is 68.3 Å². The summed E-state index contributed by atoms with van der Waals surface area (Å²) < 4.78 is 0. The second-order valence-electron chi connectivity index (χ2n) is 3.43. The molecular formula is C9H17NO. The smallest absolute Gasteiger partial charge is 0.0499 e. The molecule has 0 radical (unpaired) electrons. The minimum atomic E-state index is 0.211. The molecule has 0 aromatic heterocycles. The minimum absolute atomic E-state index is 0.211. The quantitative estimate of drug-likeness (QED) is 0.457. The van der Waals surface area contributed by atoms with Gasteiger partial charge in [-0.3, -0.25) is 0 Å². The van der Waals surface area contributed by atoms with Crippen LogP contribution in [0.2, 0.25) is 0 Å². The molecule has 1 fully saturated rings. The molecule has 0 saturated heterocycles. The number of hydrogen-bond acceptors (Lipinski definition) is 2. The summed E-state index contributed by atoms with van der Waals surface area (Å²) in [6, 6.07) is 0. The van der Waals surface area contributed by atoms with E-state index in [0.717, 1.165) is 13.1 Å². The van der Waals surface area contributed by atoms with Crippen molar-refractivity contribution in [3.8, 4) is 0 Å². The summed E-state index contributed by atoms with van der Waals surface area (Å²) >= 11 is 0. The maximum atomic E-state index is 9.07. The Morgan fingerprint density at radius 2 is 2.27 bits per heavy atom. The van der Waals surface area contributed by atoms with Crippen LogP contribution in [0.15, 0.2) is 12.7 Å². The Hall–Kier alpha value is -0.340. The third-order valence-electron chi connectivity index (χ3n) is 2.54. The number of nitrogens with one attached hydrogen (secondary N) is 1. The van der Waals surface area contributed by atoms with Gasteiger partial charge in [0.25, 0.3) is 0 Å². The van der Waals surface area contributed by atoms with Crippen LogP contribution in [-0.2, 0) is 0 Å². The molecule has 0 unspecified atom stereocenters. The molecule has 2 N–H and O–H groups in total. The Morgan fingerprint density at radius 1 is 1.55 bits per heavy atom. The molecule has 0 aliphatic heterocycles. The van der Waals surface area contributed by atoms with E-state index in [1.54, 1.807) is 0 Å². The Morgan fingerprint density at radius 3 is 2.64 bits per heavy atom. The zero-order valence-electron chi connectivity index (χ0n) is 6.97. The maximum Gasteiger partial charge on any atom is 0.0499 e. The molecular weight excluding hydrogens is 138 g/mol. The second kappa shape index (κ2) is 3.88. The molecule has 2 nitrogen and oxygen atoms in total. The highest BCUT2D eigenvalue weighted by atomic mass is 16.3. The van der Waals surface area contributed by atoms with E-state index in [0.29, 0.717) is 6.61 Å². The van der Waals surface area contributed by atoms with Crippen molar-refractivity contribution in [2.45, 2.75) is 19.3 Å². The molecule has 1 saturated carbocycles. The van der Waals surface area contributed by atoms with Crippen molar-refractivity contribution in [1.82, 2.24) is 5.32 Å². The molecule has 0 atom stereocenters. The summed E-state index contributed by atoms with van der Waals surface area (Å²) in [6.07, 6.45) is 5.47. The van der Waals surface area contributed by atoms with Crippen molar-refractivity contribution < 1.29 is 5.11 Å². The lowest BCUT2D eigenvalue weighted by Gasteiger charge is -2.40.